The molecule has 0 spiro atoms. The number of nitrogens with one attached hydrogen (secondary N) is 2. The largest absolute Gasteiger partial charge is 0.480 e. The van der Waals surface area contributed by atoms with Crippen molar-refractivity contribution in [1.29, 1.82) is 0 Å². The number of aliphatic carboxylic acids is 1. The molecule has 1 fully saturated rings. The van der Waals surface area contributed by atoms with E-state index < -0.39 is 27.4 Å². The van der Waals surface area contributed by atoms with Crippen molar-refractivity contribution < 1.29 is 23.1 Å². The predicted molar refractivity (Wildman–Crippen MR) is 96.8 cm³/mol. The van der Waals surface area contributed by atoms with Gasteiger partial charge in [-0.2, -0.15) is 4.72 Å². The summed E-state index contributed by atoms with van der Waals surface area (Å²) >= 11 is 0.810. The van der Waals surface area contributed by atoms with Crippen LogP contribution < -0.4 is 10.0 Å². The lowest BCUT2D eigenvalue weighted by molar-refractivity contribution is -0.140. The number of amides is 1. The second-order valence-corrected chi connectivity index (χ2v) is 9.02. The molecule has 1 heterocycles. The number of benzene rings is 1. The molecule has 1 saturated carbocycles. The Labute approximate surface area is 155 Å². The fourth-order valence-electron chi connectivity index (χ4n) is 2.87. The molecule has 1 amide bonds. The van der Waals surface area contributed by atoms with Crippen LogP contribution in [-0.4, -0.2) is 37.5 Å². The van der Waals surface area contributed by atoms with E-state index in [0.29, 0.717) is 6.54 Å². The summed E-state index contributed by atoms with van der Waals surface area (Å²) in [5.74, 6) is -2.00. The molecule has 138 valence electrons. The van der Waals surface area contributed by atoms with E-state index in [-0.39, 0.29) is 21.4 Å². The minimum atomic E-state index is -4.06. The Bertz CT molecular complexity index is 939. The highest BCUT2D eigenvalue weighted by molar-refractivity contribution is 7.91. The second kappa shape index (κ2) is 6.82. The van der Waals surface area contributed by atoms with Crippen LogP contribution in [0.25, 0.3) is 0 Å². The van der Waals surface area contributed by atoms with Crippen molar-refractivity contribution in [2.75, 3.05) is 6.54 Å². The Morgan fingerprint density at radius 3 is 2.54 bits per heavy atom. The van der Waals surface area contributed by atoms with E-state index in [2.05, 4.69) is 10.0 Å². The van der Waals surface area contributed by atoms with Crippen molar-refractivity contribution in [2.45, 2.75) is 29.0 Å². The third-order valence-electron chi connectivity index (χ3n) is 4.27. The Morgan fingerprint density at radius 1 is 1.23 bits per heavy atom. The van der Waals surface area contributed by atoms with Gasteiger partial charge in [0, 0.05) is 12.5 Å². The van der Waals surface area contributed by atoms with Crippen LogP contribution in [0.15, 0.2) is 46.7 Å². The zero-order chi connectivity index (χ0) is 18.9. The van der Waals surface area contributed by atoms with Crippen molar-refractivity contribution in [3.63, 3.8) is 0 Å². The van der Waals surface area contributed by atoms with Gasteiger partial charge < -0.3 is 10.4 Å². The monoisotopic (exact) mass is 394 g/mol. The molecule has 0 saturated heterocycles. The molecule has 2 aromatic rings. The molecule has 9 heteroatoms. The van der Waals surface area contributed by atoms with Crippen LogP contribution in [0.4, 0.5) is 0 Å². The van der Waals surface area contributed by atoms with Crippen molar-refractivity contribution >= 4 is 33.2 Å². The molecular weight excluding hydrogens is 376 g/mol. The summed E-state index contributed by atoms with van der Waals surface area (Å²) in [5.41, 5.74) is -0.789. The number of hydrogen-bond donors (Lipinski definition) is 3. The van der Waals surface area contributed by atoms with Crippen molar-refractivity contribution in [3.05, 3.63) is 52.9 Å². The van der Waals surface area contributed by atoms with Gasteiger partial charge in [0.2, 0.25) is 0 Å². The van der Waals surface area contributed by atoms with Crippen LogP contribution in [0.3, 0.4) is 0 Å². The number of carboxylic acid groups (broad SMARTS) is 1. The Hall–Kier alpha value is -2.23. The van der Waals surface area contributed by atoms with E-state index in [0.717, 1.165) is 16.9 Å². The Kier molecular flexibility index (Phi) is 4.87. The van der Waals surface area contributed by atoms with Crippen LogP contribution in [0, 0.1) is 0 Å². The van der Waals surface area contributed by atoms with Gasteiger partial charge in [-0.05, 0) is 31.0 Å². The van der Waals surface area contributed by atoms with Crippen LogP contribution in [0.2, 0.25) is 0 Å². The molecule has 1 aromatic carbocycles. The number of carbonyl (C=O) groups excluding carboxylic acids is 1. The molecule has 0 aliphatic heterocycles. The Morgan fingerprint density at radius 2 is 1.92 bits per heavy atom. The van der Waals surface area contributed by atoms with Crippen LogP contribution in [0.5, 0.6) is 0 Å². The first-order valence-corrected chi connectivity index (χ1v) is 10.3. The number of sulfonamides is 1. The molecule has 7 nitrogen and oxygen atoms in total. The van der Waals surface area contributed by atoms with Crippen LogP contribution >= 0.6 is 11.3 Å². The summed E-state index contributed by atoms with van der Waals surface area (Å²) < 4.78 is 27.6. The van der Waals surface area contributed by atoms with Gasteiger partial charge in [-0.3, -0.25) is 9.59 Å². The zero-order valence-electron chi connectivity index (χ0n) is 13.9. The molecular formula is C17H18N2O5S2. The average Bonchev–Trinajstić information content (AvgIpc) is 3.10. The molecule has 2 atom stereocenters. The van der Waals surface area contributed by atoms with Gasteiger partial charge in [0.1, 0.15) is 9.75 Å². The van der Waals surface area contributed by atoms with Gasteiger partial charge in [-0.1, -0.05) is 30.3 Å². The smallest absolute Gasteiger partial charge is 0.325 e. The first-order valence-electron chi connectivity index (χ1n) is 8.00. The maximum atomic E-state index is 12.7. The van der Waals surface area contributed by atoms with Gasteiger partial charge in [0.05, 0.1) is 4.88 Å². The molecule has 3 rings (SSSR count). The van der Waals surface area contributed by atoms with Crippen molar-refractivity contribution in [2.24, 2.45) is 0 Å². The highest BCUT2D eigenvalue weighted by Gasteiger charge is 2.63. The van der Waals surface area contributed by atoms with E-state index in [9.17, 15) is 23.1 Å². The number of thiophene rings is 1. The standard InChI is InChI=1S/C17H18N2O5S2/c1-2-18-15(20)13-8-9-14(25-13)26(23,24)19-17(16(21)22)10-12(17)11-6-4-3-5-7-11/h3-9,12,19H,2,10H2,1H3,(H,18,20)(H,21,22)/t12-,17?/m0/s1. The minimum absolute atomic E-state index is 0.0851. The lowest BCUT2D eigenvalue weighted by Gasteiger charge is -2.14. The van der Waals surface area contributed by atoms with E-state index in [4.69, 9.17) is 0 Å². The fraction of sp³-hybridized carbons (Fsp3) is 0.294. The van der Waals surface area contributed by atoms with Gasteiger partial charge >= 0.3 is 5.97 Å². The quantitative estimate of drug-likeness (QED) is 0.663. The Balaban J connectivity index is 1.84. The lowest BCUT2D eigenvalue weighted by Crippen LogP contribution is -2.44. The average molecular weight is 394 g/mol. The van der Waals surface area contributed by atoms with Crippen LogP contribution in [0.1, 0.15) is 34.5 Å². The number of rotatable bonds is 7. The summed E-state index contributed by atoms with van der Waals surface area (Å²) in [6.07, 6.45) is 0.181. The third kappa shape index (κ3) is 3.37. The molecule has 1 aromatic heterocycles. The molecule has 0 radical (unpaired) electrons. The van der Waals surface area contributed by atoms with E-state index >= 15 is 0 Å². The first kappa shape index (κ1) is 18.6. The van der Waals surface area contributed by atoms with Crippen molar-refractivity contribution in [1.82, 2.24) is 10.0 Å². The molecule has 3 N–H and O–H groups in total. The maximum Gasteiger partial charge on any atom is 0.325 e. The topological polar surface area (TPSA) is 113 Å². The van der Waals surface area contributed by atoms with Crippen LogP contribution in [-0.2, 0) is 14.8 Å². The molecule has 0 bridgehead atoms. The summed E-state index contributed by atoms with van der Waals surface area (Å²) in [6.45, 7) is 2.19. The van der Waals surface area contributed by atoms with E-state index in [1.54, 1.807) is 31.2 Å². The van der Waals surface area contributed by atoms with Gasteiger partial charge in [0.15, 0.2) is 0 Å². The number of carboxylic acids is 1. The third-order valence-corrected chi connectivity index (χ3v) is 7.35. The summed E-state index contributed by atoms with van der Waals surface area (Å²) in [4.78, 5) is 23.9. The van der Waals surface area contributed by atoms with Gasteiger partial charge in [0.25, 0.3) is 15.9 Å². The summed E-state index contributed by atoms with van der Waals surface area (Å²) in [7, 11) is -4.06. The highest BCUT2D eigenvalue weighted by Crippen LogP contribution is 2.52. The predicted octanol–water partition coefficient (Wildman–Crippen LogP) is 1.79. The zero-order valence-corrected chi connectivity index (χ0v) is 15.6. The van der Waals surface area contributed by atoms with Crippen molar-refractivity contribution in [3.8, 4) is 0 Å². The SMILES string of the molecule is CCNC(=O)c1ccc(S(=O)(=O)NC2(C(=O)O)C[C@H]2c2ccccc2)s1. The van der Waals surface area contributed by atoms with E-state index in [1.807, 2.05) is 6.07 Å². The maximum absolute atomic E-state index is 12.7. The van der Waals surface area contributed by atoms with Gasteiger partial charge in [-0.25, -0.2) is 8.42 Å². The molecule has 1 aliphatic carbocycles. The lowest BCUT2D eigenvalue weighted by atomic mass is 10.1. The second-order valence-electron chi connectivity index (χ2n) is 6.03. The first-order chi connectivity index (χ1) is 12.3. The number of carbonyl (C=O) groups is 2. The number of hydrogen-bond acceptors (Lipinski definition) is 5. The van der Waals surface area contributed by atoms with Gasteiger partial charge in [-0.15, -0.1) is 11.3 Å². The molecule has 1 aliphatic rings. The summed E-state index contributed by atoms with van der Waals surface area (Å²) in [5, 5.41) is 12.2. The molecule has 1 unspecified atom stereocenters. The highest BCUT2D eigenvalue weighted by atomic mass is 32.2. The van der Waals surface area contributed by atoms with E-state index in [1.165, 1.54) is 12.1 Å². The normalized spacial score (nSPS) is 22.0. The fourth-order valence-corrected chi connectivity index (χ4v) is 5.50. The minimum Gasteiger partial charge on any atom is -0.480 e. The molecule has 26 heavy (non-hydrogen) atoms. The summed E-state index contributed by atoms with van der Waals surface area (Å²) in [6, 6.07) is 11.7.